The van der Waals surface area contributed by atoms with Crippen LogP contribution in [0.5, 0.6) is 11.5 Å². The van der Waals surface area contributed by atoms with Gasteiger partial charge in [0.2, 0.25) is 0 Å². The van der Waals surface area contributed by atoms with Gasteiger partial charge in [-0.2, -0.15) is 5.26 Å². The number of nitriles is 1. The van der Waals surface area contributed by atoms with Gasteiger partial charge < -0.3 is 9.47 Å². The fourth-order valence-corrected chi connectivity index (χ4v) is 4.51. The molecule has 1 aromatic heterocycles. The SMILES string of the molecule is COc1ccc(-c2nc(SCc3ccccc3)n(Cc3ccccc3)c(=O)c2C#N)cc1OC. The van der Waals surface area contributed by atoms with E-state index in [0.717, 1.165) is 11.1 Å². The molecular weight excluding hydrogens is 446 g/mol. The number of thioether (sulfide) groups is 1. The molecule has 0 radical (unpaired) electrons. The van der Waals surface area contributed by atoms with Crippen molar-refractivity contribution in [2.45, 2.75) is 17.5 Å². The normalized spacial score (nSPS) is 10.5. The fraction of sp³-hybridized carbons (Fsp3) is 0.148. The van der Waals surface area contributed by atoms with Gasteiger partial charge in [-0.05, 0) is 29.3 Å². The molecule has 0 fully saturated rings. The predicted molar refractivity (Wildman–Crippen MR) is 133 cm³/mol. The quantitative estimate of drug-likeness (QED) is 0.263. The van der Waals surface area contributed by atoms with E-state index in [4.69, 9.17) is 14.5 Å². The maximum absolute atomic E-state index is 13.5. The number of benzene rings is 3. The summed E-state index contributed by atoms with van der Waals surface area (Å²) in [6, 6.07) is 27.0. The summed E-state index contributed by atoms with van der Waals surface area (Å²) in [6.45, 7) is 0.324. The first-order valence-electron chi connectivity index (χ1n) is 10.6. The van der Waals surface area contributed by atoms with E-state index in [9.17, 15) is 10.1 Å². The average molecular weight is 470 g/mol. The van der Waals surface area contributed by atoms with Gasteiger partial charge in [0.25, 0.3) is 5.56 Å². The van der Waals surface area contributed by atoms with Gasteiger partial charge >= 0.3 is 0 Å². The fourth-order valence-electron chi connectivity index (χ4n) is 3.57. The molecule has 3 aromatic carbocycles. The number of rotatable bonds is 8. The van der Waals surface area contributed by atoms with Crippen molar-refractivity contribution >= 4 is 11.8 Å². The Kier molecular flexibility index (Phi) is 7.31. The molecule has 0 aliphatic carbocycles. The lowest BCUT2D eigenvalue weighted by Crippen LogP contribution is -2.27. The van der Waals surface area contributed by atoms with Gasteiger partial charge in [0.15, 0.2) is 16.7 Å². The van der Waals surface area contributed by atoms with Crippen molar-refractivity contribution in [1.82, 2.24) is 9.55 Å². The van der Waals surface area contributed by atoms with Crippen LogP contribution in [0.1, 0.15) is 16.7 Å². The number of hydrogen-bond acceptors (Lipinski definition) is 6. The molecule has 0 atom stereocenters. The highest BCUT2D eigenvalue weighted by atomic mass is 32.2. The van der Waals surface area contributed by atoms with Crippen LogP contribution in [-0.2, 0) is 12.3 Å². The first-order chi connectivity index (χ1) is 16.6. The van der Waals surface area contributed by atoms with Crippen molar-refractivity contribution < 1.29 is 9.47 Å². The van der Waals surface area contributed by atoms with Crippen molar-refractivity contribution in [1.29, 1.82) is 5.26 Å². The molecule has 0 aliphatic rings. The zero-order valence-corrected chi connectivity index (χ0v) is 19.7. The topological polar surface area (TPSA) is 77.1 Å². The molecule has 6 nitrogen and oxygen atoms in total. The monoisotopic (exact) mass is 469 g/mol. The maximum Gasteiger partial charge on any atom is 0.273 e. The van der Waals surface area contributed by atoms with Crippen LogP contribution < -0.4 is 15.0 Å². The first kappa shape index (κ1) is 23.1. The standard InChI is InChI=1S/C27H23N3O3S/c1-32-23-14-13-21(15-24(23)33-2)25-22(16-28)26(31)30(17-19-9-5-3-6-10-19)27(29-25)34-18-20-11-7-4-8-12-20/h3-15H,17-18H2,1-2H3. The molecule has 0 unspecified atom stereocenters. The summed E-state index contributed by atoms with van der Waals surface area (Å²) in [7, 11) is 3.10. The third-order valence-corrected chi connectivity index (χ3v) is 6.34. The molecular formula is C27H23N3O3S. The van der Waals surface area contributed by atoms with E-state index in [-0.39, 0.29) is 11.1 Å². The van der Waals surface area contributed by atoms with Gasteiger partial charge in [0, 0.05) is 11.3 Å². The van der Waals surface area contributed by atoms with E-state index in [1.165, 1.54) is 11.8 Å². The van der Waals surface area contributed by atoms with E-state index >= 15 is 0 Å². The van der Waals surface area contributed by atoms with E-state index in [2.05, 4.69) is 6.07 Å². The van der Waals surface area contributed by atoms with Crippen molar-refractivity contribution in [2.24, 2.45) is 0 Å². The van der Waals surface area contributed by atoms with Crippen molar-refractivity contribution in [3.63, 3.8) is 0 Å². The average Bonchev–Trinajstić information content (AvgIpc) is 2.89. The Bertz CT molecular complexity index is 1380. The summed E-state index contributed by atoms with van der Waals surface area (Å²) >= 11 is 1.47. The lowest BCUT2D eigenvalue weighted by atomic mass is 10.1. The predicted octanol–water partition coefficient (Wildman–Crippen LogP) is 5.14. The van der Waals surface area contributed by atoms with Crippen LogP contribution in [0.25, 0.3) is 11.3 Å². The minimum atomic E-state index is -0.373. The lowest BCUT2D eigenvalue weighted by molar-refractivity contribution is 0.355. The molecule has 0 aliphatic heterocycles. The molecule has 0 spiro atoms. The van der Waals surface area contributed by atoms with Crippen molar-refractivity contribution in [3.05, 3.63) is 106 Å². The lowest BCUT2D eigenvalue weighted by Gasteiger charge is -2.16. The zero-order valence-electron chi connectivity index (χ0n) is 18.9. The molecule has 4 aromatic rings. The second-order valence-electron chi connectivity index (χ2n) is 7.45. The molecule has 7 heteroatoms. The zero-order chi connectivity index (χ0) is 23.9. The molecule has 1 heterocycles. The Morgan fingerprint density at radius 3 is 2.18 bits per heavy atom. The Hall–Kier alpha value is -4.02. The third kappa shape index (κ3) is 4.98. The minimum Gasteiger partial charge on any atom is -0.493 e. The summed E-state index contributed by atoms with van der Waals surface area (Å²) in [5, 5.41) is 10.5. The molecule has 4 rings (SSSR count). The van der Waals surface area contributed by atoms with Crippen LogP contribution in [0.4, 0.5) is 0 Å². The molecule has 0 N–H and O–H groups in total. The van der Waals surface area contributed by atoms with Crippen LogP contribution in [0, 0.1) is 11.3 Å². The van der Waals surface area contributed by atoms with E-state index in [1.54, 1.807) is 37.0 Å². The molecule has 0 saturated carbocycles. The molecule has 0 amide bonds. The first-order valence-corrected chi connectivity index (χ1v) is 11.6. The minimum absolute atomic E-state index is 0.00721. The maximum atomic E-state index is 13.5. The third-order valence-electron chi connectivity index (χ3n) is 5.30. The van der Waals surface area contributed by atoms with Gasteiger partial charge in [0.05, 0.1) is 26.5 Å². The number of hydrogen-bond donors (Lipinski definition) is 0. The number of nitrogens with zero attached hydrogens (tertiary/aromatic N) is 3. The van der Waals surface area contributed by atoms with Gasteiger partial charge in [-0.1, -0.05) is 72.4 Å². The number of methoxy groups -OCH3 is 2. The number of ether oxygens (including phenoxy) is 2. The van der Waals surface area contributed by atoms with Crippen LogP contribution in [0.3, 0.4) is 0 Å². The van der Waals surface area contributed by atoms with Crippen LogP contribution >= 0.6 is 11.8 Å². The largest absolute Gasteiger partial charge is 0.493 e. The van der Waals surface area contributed by atoms with Gasteiger partial charge in [-0.25, -0.2) is 4.98 Å². The Morgan fingerprint density at radius 1 is 0.912 bits per heavy atom. The summed E-state index contributed by atoms with van der Waals surface area (Å²) in [5.74, 6) is 1.69. The molecule has 34 heavy (non-hydrogen) atoms. The summed E-state index contributed by atoms with van der Waals surface area (Å²) in [6.07, 6.45) is 0. The van der Waals surface area contributed by atoms with Crippen LogP contribution in [0.15, 0.2) is 88.8 Å². The summed E-state index contributed by atoms with van der Waals surface area (Å²) in [5.41, 5.74) is 2.63. The Labute approximate surface area is 202 Å². The Morgan fingerprint density at radius 2 is 1.56 bits per heavy atom. The van der Waals surface area contributed by atoms with Gasteiger partial charge in [0.1, 0.15) is 11.6 Å². The smallest absolute Gasteiger partial charge is 0.273 e. The highest BCUT2D eigenvalue weighted by Gasteiger charge is 2.20. The Balaban J connectivity index is 1.85. The van der Waals surface area contributed by atoms with E-state index in [1.807, 2.05) is 60.7 Å². The second kappa shape index (κ2) is 10.7. The second-order valence-corrected chi connectivity index (χ2v) is 8.39. The summed E-state index contributed by atoms with van der Waals surface area (Å²) < 4.78 is 12.3. The highest BCUT2D eigenvalue weighted by molar-refractivity contribution is 7.98. The van der Waals surface area contributed by atoms with Crippen LogP contribution in [-0.4, -0.2) is 23.8 Å². The number of aromatic nitrogens is 2. The molecule has 0 bridgehead atoms. The van der Waals surface area contributed by atoms with E-state index in [0.29, 0.717) is 40.2 Å². The van der Waals surface area contributed by atoms with Crippen molar-refractivity contribution in [2.75, 3.05) is 14.2 Å². The van der Waals surface area contributed by atoms with Crippen LogP contribution in [0.2, 0.25) is 0 Å². The molecule has 170 valence electrons. The van der Waals surface area contributed by atoms with E-state index < -0.39 is 0 Å². The summed E-state index contributed by atoms with van der Waals surface area (Å²) in [4.78, 5) is 18.4. The van der Waals surface area contributed by atoms with Crippen molar-refractivity contribution in [3.8, 4) is 28.8 Å². The molecule has 0 saturated heterocycles. The van der Waals surface area contributed by atoms with Gasteiger partial charge in [-0.3, -0.25) is 9.36 Å². The highest BCUT2D eigenvalue weighted by Crippen LogP contribution is 2.33. The van der Waals surface area contributed by atoms with Gasteiger partial charge in [-0.15, -0.1) is 0 Å².